The topological polar surface area (TPSA) is 96.1 Å². The van der Waals surface area contributed by atoms with Gasteiger partial charge in [0.15, 0.2) is 5.69 Å². The summed E-state index contributed by atoms with van der Waals surface area (Å²) in [6, 6.07) is 13.7. The summed E-state index contributed by atoms with van der Waals surface area (Å²) in [6.45, 7) is 1.76. The molecule has 0 spiro atoms. The van der Waals surface area contributed by atoms with E-state index >= 15 is 0 Å². The number of nitrogens with zero attached hydrogens (tertiary/aromatic N) is 3. The van der Waals surface area contributed by atoms with Gasteiger partial charge in [-0.3, -0.25) is 9.59 Å². The Hall–Kier alpha value is -3.48. The fourth-order valence-electron chi connectivity index (χ4n) is 2.56. The SMILES string of the molecule is CCC(=O)Nc1ccc(C(=O)N=Nc2c(O)n(C)c3ccccc23)cc1. The zero-order valence-corrected chi connectivity index (χ0v) is 14.4. The number of carbonyl (C=O) groups is 2. The van der Waals surface area contributed by atoms with Crippen molar-refractivity contribution >= 4 is 34.1 Å². The van der Waals surface area contributed by atoms with Gasteiger partial charge in [-0.15, -0.1) is 10.2 Å². The van der Waals surface area contributed by atoms with E-state index in [-0.39, 0.29) is 17.5 Å². The third-order valence-corrected chi connectivity index (χ3v) is 4.03. The minimum absolute atomic E-state index is 0.0552. The van der Waals surface area contributed by atoms with Crippen LogP contribution in [0.4, 0.5) is 11.4 Å². The molecule has 1 heterocycles. The third kappa shape index (κ3) is 3.32. The van der Waals surface area contributed by atoms with Crippen molar-refractivity contribution in [3.63, 3.8) is 0 Å². The average Bonchev–Trinajstić information content (AvgIpc) is 2.91. The summed E-state index contributed by atoms with van der Waals surface area (Å²) >= 11 is 0. The van der Waals surface area contributed by atoms with Crippen molar-refractivity contribution in [2.75, 3.05) is 5.32 Å². The number of rotatable bonds is 4. The van der Waals surface area contributed by atoms with E-state index in [0.717, 1.165) is 5.52 Å². The molecule has 0 saturated heterocycles. The summed E-state index contributed by atoms with van der Waals surface area (Å²) in [6.07, 6.45) is 0.378. The Balaban J connectivity index is 1.82. The molecule has 0 fully saturated rings. The number of nitrogens with one attached hydrogen (secondary N) is 1. The van der Waals surface area contributed by atoms with Gasteiger partial charge in [-0.1, -0.05) is 25.1 Å². The number of fused-ring (bicyclic) bond motifs is 1. The van der Waals surface area contributed by atoms with E-state index in [4.69, 9.17) is 0 Å². The van der Waals surface area contributed by atoms with E-state index in [1.54, 1.807) is 48.9 Å². The van der Waals surface area contributed by atoms with Gasteiger partial charge in [0.1, 0.15) is 0 Å². The Bertz CT molecular complexity index is 1000. The van der Waals surface area contributed by atoms with Crippen molar-refractivity contribution in [3.8, 4) is 5.88 Å². The molecule has 0 radical (unpaired) electrons. The lowest BCUT2D eigenvalue weighted by molar-refractivity contribution is -0.115. The third-order valence-electron chi connectivity index (χ3n) is 4.03. The predicted octanol–water partition coefficient (Wildman–Crippen LogP) is 4.16. The molecule has 0 aliphatic carbocycles. The maximum absolute atomic E-state index is 12.2. The van der Waals surface area contributed by atoms with E-state index in [0.29, 0.717) is 23.1 Å². The molecule has 0 atom stereocenters. The number of azo groups is 1. The van der Waals surface area contributed by atoms with E-state index in [9.17, 15) is 14.7 Å². The van der Waals surface area contributed by atoms with Gasteiger partial charge in [-0.05, 0) is 30.3 Å². The molecule has 132 valence electrons. The van der Waals surface area contributed by atoms with Gasteiger partial charge < -0.3 is 15.0 Å². The fourth-order valence-corrected chi connectivity index (χ4v) is 2.56. The van der Waals surface area contributed by atoms with E-state index < -0.39 is 5.91 Å². The highest BCUT2D eigenvalue weighted by molar-refractivity contribution is 5.98. The minimum atomic E-state index is -0.536. The molecule has 2 N–H and O–H groups in total. The highest BCUT2D eigenvalue weighted by Crippen LogP contribution is 2.37. The first kappa shape index (κ1) is 17.3. The molecule has 0 aliphatic rings. The van der Waals surface area contributed by atoms with Crippen LogP contribution in [0.3, 0.4) is 0 Å². The van der Waals surface area contributed by atoms with Crippen LogP contribution in [0.15, 0.2) is 58.8 Å². The lowest BCUT2D eigenvalue weighted by Gasteiger charge is -2.03. The van der Waals surface area contributed by atoms with Crippen LogP contribution in [0.5, 0.6) is 5.88 Å². The van der Waals surface area contributed by atoms with E-state index in [1.807, 2.05) is 18.2 Å². The molecular formula is C19H18N4O3. The molecule has 0 saturated carbocycles. The molecule has 2 amide bonds. The normalized spacial score (nSPS) is 11.2. The summed E-state index contributed by atoms with van der Waals surface area (Å²) < 4.78 is 1.58. The van der Waals surface area contributed by atoms with Crippen molar-refractivity contribution in [3.05, 3.63) is 54.1 Å². The van der Waals surface area contributed by atoms with Crippen LogP contribution in [0.2, 0.25) is 0 Å². The Kier molecular flexibility index (Phi) is 4.79. The standard InChI is InChI=1S/C19H18N4O3/c1-3-16(24)20-13-10-8-12(9-11-13)18(25)22-21-17-14-6-4-5-7-15(14)23(2)19(17)26/h4-11,26H,3H2,1-2H3,(H,20,24). The zero-order chi connectivity index (χ0) is 18.7. The minimum Gasteiger partial charge on any atom is -0.493 e. The summed E-state index contributed by atoms with van der Waals surface area (Å²) in [7, 11) is 1.71. The van der Waals surface area contributed by atoms with Gasteiger partial charge in [0.2, 0.25) is 11.8 Å². The van der Waals surface area contributed by atoms with Crippen LogP contribution >= 0.6 is 0 Å². The molecular weight excluding hydrogens is 332 g/mol. The molecule has 7 nitrogen and oxygen atoms in total. The maximum Gasteiger partial charge on any atom is 0.295 e. The highest BCUT2D eigenvalue weighted by atomic mass is 16.3. The van der Waals surface area contributed by atoms with Gasteiger partial charge in [0, 0.05) is 30.1 Å². The molecule has 3 rings (SSSR count). The Morgan fingerprint density at radius 1 is 1.12 bits per heavy atom. The molecule has 3 aromatic rings. The van der Waals surface area contributed by atoms with Crippen molar-refractivity contribution in [1.82, 2.24) is 4.57 Å². The number of aromatic nitrogens is 1. The van der Waals surface area contributed by atoms with Gasteiger partial charge in [0.05, 0.1) is 5.52 Å². The van der Waals surface area contributed by atoms with Crippen LogP contribution in [0.1, 0.15) is 23.7 Å². The van der Waals surface area contributed by atoms with Crippen molar-refractivity contribution in [2.24, 2.45) is 17.3 Å². The van der Waals surface area contributed by atoms with Gasteiger partial charge in [-0.25, -0.2) is 0 Å². The average molecular weight is 350 g/mol. The molecule has 2 aromatic carbocycles. The Labute approximate surface area is 150 Å². The van der Waals surface area contributed by atoms with Gasteiger partial charge >= 0.3 is 0 Å². The zero-order valence-electron chi connectivity index (χ0n) is 14.4. The van der Waals surface area contributed by atoms with Gasteiger partial charge in [-0.2, -0.15) is 0 Å². The molecule has 0 bridgehead atoms. The number of anilines is 1. The summed E-state index contributed by atoms with van der Waals surface area (Å²) in [5.74, 6) is -0.693. The second-order valence-electron chi connectivity index (χ2n) is 5.73. The van der Waals surface area contributed by atoms with Crippen LogP contribution in [0, 0.1) is 0 Å². The second-order valence-corrected chi connectivity index (χ2v) is 5.73. The molecule has 0 unspecified atom stereocenters. The summed E-state index contributed by atoms with van der Waals surface area (Å²) in [5.41, 5.74) is 1.99. The second kappa shape index (κ2) is 7.18. The van der Waals surface area contributed by atoms with Gasteiger partial charge in [0.25, 0.3) is 5.91 Å². The molecule has 26 heavy (non-hydrogen) atoms. The van der Waals surface area contributed by atoms with Crippen LogP contribution in [-0.4, -0.2) is 21.5 Å². The quantitative estimate of drug-likeness (QED) is 0.692. The fraction of sp³-hybridized carbons (Fsp3) is 0.158. The number of para-hydroxylation sites is 1. The number of amides is 2. The first-order valence-corrected chi connectivity index (χ1v) is 8.13. The lowest BCUT2D eigenvalue weighted by Crippen LogP contribution is -2.09. The number of aromatic hydroxyl groups is 1. The number of hydrogen-bond acceptors (Lipinski definition) is 4. The van der Waals surface area contributed by atoms with Crippen LogP contribution in [0.25, 0.3) is 10.9 Å². The van der Waals surface area contributed by atoms with Crippen LogP contribution in [-0.2, 0) is 11.8 Å². The first-order valence-electron chi connectivity index (χ1n) is 8.13. The Morgan fingerprint density at radius 3 is 2.50 bits per heavy atom. The summed E-state index contributed by atoms with van der Waals surface area (Å²) in [5, 5.41) is 21.3. The first-order chi connectivity index (χ1) is 12.5. The largest absolute Gasteiger partial charge is 0.493 e. The van der Waals surface area contributed by atoms with E-state index in [1.165, 1.54) is 0 Å². The molecule has 7 heteroatoms. The molecule has 0 aliphatic heterocycles. The Morgan fingerprint density at radius 2 is 1.81 bits per heavy atom. The van der Waals surface area contributed by atoms with Crippen LogP contribution < -0.4 is 5.32 Å². The monoisotopic (exact) mass is 350 g/mol. The van der Waals surface area contributed by atoms with Crippen molar-refractivity contribution in [1.29, 1.82) is 0 Å². The van der Waals surface area contributed by atoms with Crippen molar-refractivity contribution < 1.29 is 14.7 Å². The highest BCUT2D eigenvalue weighted by Gasteiger charge is 2.14. The number of aryl methyl sites for hydroxylation is 1. The number of hydrogen-bond donors (Lipinski definition) is 2. The smallest absolute Gasteiger partial charge is 0.295 e. The van der Waals surface area contributed by atoms with Crippen molar-refractivity contribution in [2.45, 2.75) is 13.3 Å². The lowest BCUT2D eigenvalue weighted by atomic mass is 10.2. The predicted molar refractivity (Wildman–Crippen MR) is 98.8 cm³/mol. The number of carbonyl (C=O) groups excluding carboxylic acids is 2. The molecule has 1 aromatic heterocycles. The summed E-state index contributed by atoms with van der Waals surface area (Å²) in [4.78, 5) is 23.6. The van der Waals surface area contributed by atoms with E-state index in [2.05, 4.69) is 15.5 Å². The number of benzene rings is 2. The maximum atomic E-state index is 12.2.